The van der Waals surface area contributed by atoms with Gasteiger partial charge in [0.25, 0.3) is 0 Å². The van der Waals surface area contributed by atoms with Crippen LogP contribution >= 0.6 is 0 Å². The van der Waals surface area contributed by atoms with Gasteiger partial charge in [-0.3, -0.25) is 9.69 Å². The third-order valence-electron chi connectivity index (χ3n) is 5.23. The van der Waals surface area contributed by atoms with E-state index >= 15 is 0 Å². The maximum Gasteiger partial charge on any atom is 0.238 e. The monoisotopic (exact) mass is 401 g/mol. The molecule has 0 radical (unpaired) electrons. The normalized spacial score (nSPS) is 18.1. The first kappa shape index (κ1) is 18.8. The van der Waals surface area contributed by atoms with Crippen molar-refractivity contribution in [3.63, 3.8) is 0 Å². The second-order valence-corrected chi connectivity index (χ2v) is 9.37. The van der Waals surface area contributed by atoms with Crippen molar-refractivity contribution in [2.75, 3.05) is 24.6 Å². The summed E-state index contributed by atoms with van der Waals surface area (Å²) in [5, 5.41) is 4.01. The van der Waals surface area contributed by atoms with Crippen molar-refractivity contribution in [1.29, 1.82) is 0 Å². The minimum atomic E-state index is -3.01. The molecule has 2 aromatic heterocycles. The van der Waals surface area contributed by atoms with Gasteiger partial charge in [-0.15, -0.1) is 0 Å². The summed E-state index contributed by atoms with van der Waals surface area (Å²) >= 11 is 0. The van der Waals surface area contributed by atoms with Crippen LogP contribution < -0.4 is 5.32 Å². The molecule has 3 heterocycles. The molecule has 0 saturated carbocycles. The summed E-state index contributed by atoms with van der Waals surface area (Å²) in [7, 11) is -3.01. The Labute approximate surface area is 163 Å². The lowest BCUT2D eigenvalue weighted by Gasteiger charge is -2.33. The molecule has 1 amide bonds. The molecule has 1 aliphatic rings. The van der Waals surface area contributed by atoms with Gasteiger partial charge in [-0.05, 0) is 30.2 Å². The van der Waals surface area contributed by atoms with Crippen LogP contribution in [-0.2, 0) is 27.6 Å². The molecule has 148 valence electrons. The van der Waals surface area contributed by atoms with Crippen molar-refractivity contribution in [3.8, 4) is 0 Å². The van der Waals surface area contributed by atoms with E-state index in [1.54, 1.807) is 12.3 Å². The Morgan fingerprint density at radius 2 is 1.96 bits per heavy atom. The summed E-state index contributed by atoms with van der Waals surface area (Å²) < 4.78 is 28.9. The summed E-state index contributed by atoms with van der Waals surface area (Å²) in [6.45, 7) is 1.04. The predicted octanol–water partition coefficient (Wildman–Crippen LogP) is 1.72. The molecule has 8 heteroatoms. The van der Waals surface area contributed by atoms with Gasteiger partial charge in [-0.1, -0.05) is 18.2 Å². The Balaban J connectivity index is 1.54. The molecule has 2 N–H and O–H groups in total. The first-order valence-electron chi connectivity index (χ1n) is 9.31. The van der Waals surface area contributed by atoms with Crippen molar-refractivity contribution >= 4 is 26.6 Å². The number of rotatable bonds is 6. The van der Waals surface area contributed by atoms with Crippen LogP contribution in [0.2, 0.25) is 0 Å². The largest absolute Gasteiger partial charge is 0.467 e. The maximum absolute atomic E-state index is 13.0. The van der Waals surface area contributed by atoms with Crippen LogP contribution in [0.15, 0.2) is 53.3 Å². The van der Waals surface area contributed by atoms with E-state index in [0.717, 1.165) is 16.5 Å². The van der Waals surface area contributed by atoms with E-state index in [9.17, 15) is 13.2 Å². The molecule has 28 heavy (non-hydrogen) atoms. The molecule has 0 aliphatic carbocycles. The van der Waals surface area contributed by atoms with E-state index in [1.807, 2.05) is 41.4 Å². The molecular weight excluding hydrogens is 378 g/mol. The first-order valence-corrected chi connectivity index (χ1v) is 11.1. The maximum atomic E-state index is 13.0. The fourth-order valence-corrected chi connectivity index (χ4v) is 4.87. The first-order chi connectivity index (χ1) is 13.5. The van der Waals surface area contributed by atoms with Crippen molar-refractivity contribution in [3.05, 3.63) is 60.2 Å². The predicted molar refractivity (Wildman–Crippen MR) is 107 cm³/mol. The number of carbonyl (C=O) groups excluding carboxylic acids is 1. The summed E-state index contributed by atoms with van der Waals surface area (Å²) in [4.78, 5) is 18.2. The quantitative estimate of drug-likeness (QED) is 0.656. The molecule has 1 fully saturated rings. The van der Waals surface area contributed by atoms with Crippen LogP contribution in [0.25, 0.3) is 10.9 Å². The fraction of sp³-hybridized carbons (Fsp3) is 0.350. The number of H-pyrrole nitrogens is 1. The summed E-state index contributed by atoms with van der Waals surface area (Å²) in [5.41, 5.74) is 2.07. The van der Waals surface area contributed by atoms with Crippen molar-refractivity contribution in [2.45, 2.75) is 19.0 Å². The Morgan fingerprint density at radius 1 is 1.18 bits per heavy atom. The smallest absolute Gasteiger partial charge is 0.238 e. The van der Waals surface area contributed by atoms with E-state index in [2.05, 4.69) is 10.3 Å². The second kappa shape index (κ2) is 7.81. The van der Waals surface area contributed by atoms with Gasteiger partial charge in [-0.2, -0.15) is 0 Å². The molecule has 7 nitrogen and oxygen atoms in total. The molecule has 0 bridgehead atoms. The fourth-order valence-electron chi connectivity index (χ4n) is 3.64. The van der Waals surface area contributed by atoms with Crippen molar-refractivity contribution in [1.82, 2.24) is 15.2 Å². The number of amides is 1. The third-order valence-corrected chi connectivity index (χ3v) is 6.84. The average molecular weight is 401 g/mol. The Kier molecular flexibility index (Phi) is 5.23. The van der Waals surface area contributed by atoms with Gasteiger partial charge in [0.05, 0.1) is 30.4 Å². The van der Waals surface area contributed by atoms with E-state index < -0.39 is 15.9 Å². The summed E-state index contributed by atoms with van der Waals surface area (Å²) in [6, 6.07) is 11.1. The van der Waals surface area contributed by atoms with Gasteiger partial charge in [0.2, 0.25) is 5.91 Å². The molecule has 4 rings (SSSR count). The number of aromatic nitrogens is 1. The number of fused-ring (bicyclic) bond motifs is 1. The SMILES string of the molecule is O=C(NCc1ccco1)[C@H](Cc1c[nH]c2ccccc12)N1CCS(=O)(=O)CC1. The highest BCUT2D eigenvalue weighted by molar-refractivity contribution is 7.91. The molecular formula is C20H23N3O4S. The number of sulfone groups is 1. The van der Waals surface area contributed by atoms with Gasteiger partial charge in [0.15, 0.2) is 9.84 Å². The van der Waals surface area contributed by atoms with Gasteiger partial charge < -0.3 is 14.7 Å². The molecule has 0 unspecified atom stereocenters. The Hall–Kier alpha value is -2.58. The van der Waals surface area contributed by atoms with E-state index in [4.69, 9.17) is 4.42 Å². The minimum Gasteiger partial charge on any atom is -0.467 e. The van der Waals surface area contributed by atoms with Crippen LogP contribution in [0.4, 0.5) is 0 Å². The zero-order chi connectivity index (χ0) is 19.6. The standard InChI is InChI=1S/C20H23N3O4S/c24-20(22-14-16-4-3-9-27-16)19(23-7-10-28(25,26)11-8-23)12-15-13-21-18-6-2-1-5-17(15)18/h1-6,9,13,19,21H,7-8,10-12,14H2,(H,22,24)/t19-/m0/s1. The zero-order valence-electron chi connectivity index (χ0n) is 15.4. The van der Waals surface area contributed by atoms with Crippen LogP contribution in [-0.4, -0.2) is 54.8 Å². The van der Waals surface area contributed by atoms with Gasteiger partial charge in [0, 0.05) is 30.2 Å². The Bertz CT molecular complexity index is 1040. The topological polar surface area (TPSA) is 95.4 Å². The van der Waals surface area contributed by atoms with Crippen LogP contribution in [0.5, 0.6) is 0 Å². The summed E-state index contributed by atoms with van der Waals surface area (Å²) in [6.07, 6.45) is 4.01. The lowest BCUT2D eigenvalue weighted by atomic mass is 10.0. The van der Waals surface area contributed by atoms with E-state index in [1.165, 1.54) is 0 Å². The van der Waals surface area contributed by atoms with E-state index in [-0.39, 0.29) is 17.4 Å². The molecule has 1 aliphatic heterocycles. The molecule has 0 spiro atoms. The van der Waals surface area contributed by atoms with Crippen LogP contribution in [0, 0.1) is 0 Å². The van der Waals surface area contributed by atoms with Gasteiger partial charge in [0.1, 0.15) is 5.76 Å². The number of nitrogens with zero attached hydrogens (tertiary/aromatic N) is 1. The number of furan rings is 1. The third kappa shape index (κ3) is 4.13. The van der Waals surface area contributed by atoms with Crippen molar-refractivity contribution < 1.29 is 17.6 Å². The highest BCUT2D eigenvalue weighted by Crippen LogP contribution is 2.21. The Morgan fingerprint density at radius 3 is 2.71 bits per heavy atom. The van der Waals surface area contributed by atoms with E-state index in [0.29, 0.717) is 31.8 Å². The lowest BCUT2D eigenvalue weighted by molar-refractivity contribution is -0.126. The van der Waals surface area contributed by atoms with Crippen LogP contribution in [0.1, 0.15) is 11.3 Å². The zero-order valence-corrected chi connectivity index (χ0v) is 16.2. The number of aromatic amines is 1. The minimum absolute atomic E-state index is 0.0862. The number of nitrogens with one attached hydrogen (secondary N) is 2. The van der Waals surface area contributed by atoms with Crippen molar-refractivity contribution in [2.24, 2.45) is 0 Å². The van der Waals surface area contributed by atoms with Crippen LogP contribution in [0.3, 0.4) is 0 Å². The number of carbonyl (C=O) groups is 1. The molecule has 1 saturated heterocycles. The molecule has 1 atom stereocenters. The van der Waals surface area contributed by atoms with Gasteiger partial charge in [-0.25, -0.2) is 8.42 Å². The molecule has 3 aromatic rings. The highest BCUT2D eigenvalue weighted by Gasteiger charge is 2.32. The summed E-state index contributed by atoms with van der Waals surface area (Å²) in [5.74, 6) is 0.729. The second-order valence-electron chi connectivity index (χ2n) is 7.06. The number of hydrogen-bond acceptors (Lipinski definition) is 5. The number of benzene rings is 1. The number of para-hydroxylation sites is 1. The molecule has 1 aromatic carbocycles. The highest BCUT2D eigenvalue weighted by atomic mass is 32.2. The number of hydrogen-bond donors (Lipinski definition) is 2. The average Bonchev–Trinajstić information content (AvgIpc) is 3.35. The lowest BCUT2D eigenvalue weighted by Crippen LogP contribution is -2.53. The van der Waals surface area contributed by atoms with Gasteiger partial charge >= 0.3 is 0 Å².